The lowest BCUT2D eigenvalue weighted by molar-refractivity contribution is 0.423. The van der Waals surface area contributed by atoms with Crippen LogP contribution in [0.3, 0.4) is 0 Å². The monoisotopic (exact) mass is 109 g/mol. The van der Waals surface area contributed by atoms with E-state index in [1.165, 1.54) is 6.26 Å². The van der Waals surface area contributed by atoms with Crippen LogP contribution >= 0.6 is 0 Å². The number of nitriles is 1. The summed E-state index contributed by atoms with van der Waals surface area (Å²) >= 11 is 0. The molecule has 8 heavy (non-hydrogen) atoms. The largest absolute Gasteiger partial charge is 0.380 e. The van der Waals surface area contributed by atoms with E-state index in [0.717, 1.165) is 0 Å². The third-order valence-electron chi connectivity index (χ3n) is 0.718. The zero-order chi connectivity index (χ0) is 5.98. The number of nitrogen functional groups attached to an aromatic ring is 1. The van der Waals surface area contributed by atoms with Crippen molar-refractivity contribution in [2.24, 2.45) is 0 Å². The van der Waals surface area contributed by atoms with Crippen LogP contribution < -0.4 is 5.73 Å². The molecule has 4 nitrogen and oxygen atoms in total. The number of hydrogen-bond donors (Lipinski definition) is 1. The Morgan fingerprint density at radius 2 is 2.62 bits per heavy atom. The van der Waals surface area contributed by atoms with Crippen molar-refractivity contribution in [1.29, 1.82) is 5.26 Å². The predicted molar refractivity (Wildman–Crippen MR) is 25.6 cm³/mol. The van der Waals surface area contributed by atoms with Gasteiger partial charge in [0.05, 0.1) is 0 Å². The summed E-state index contributed by atoms with van der Waals surface area (Å²) in [6, 6.07) is 1.79. The van der Waals surface area contributed by atoms with Gasteiger partial charge in [-0.15, -0.1) is 0 Å². The summed E-state index contributed by atoms with van der Waals surface area (Å²) in [5.41, 5.74) is 5.41. The van der Waals surface area contributed by atoms with Gasteiger partial charge in [-0.2, -0.15) is 5.26 Å². The Balaban J connectivity index is 3.15. The summed E-state index contributed by atoms with van der Waals surface area (Å²) in [5, 5.41) is 11.4. The highest BCUT2D eigenvalue weighted by molar-refractivity contribution is 5.44. The predicted octanol–water partition coefficient (Wildman–Crippen LogP) is 0.128. The Morgan fingerprint density at radius 3 is 2.88 bits per heavy atom. The normalized spacial score (nSPS) is 8.38. The molecule has 0 saturated carbocycles. The van der Waals surface area contributed by atoms with Crippen molar-refractivity contribution in [2.75, 3.05) is 5.73 Å². The molecule has 40 valence electrons. The van der Waals surface area contributed by atoms with E-state index in [1.807, 2.05) is 0 Å². The second-order valence-electron chi connectivity index (χ2n) is 1.23. The fourth-order valence-electron chi connectivity index (χ4n) is 0.329. The highest BCUT2D eigenvalue weighted by Gasteiger charge is 1.98. The molecule has 0 bridgehead atoms. The molecule has 0 atom stereocenters. The highest BCUT2D eigenvalue weighted by atomic mass is 16.5. The molecule has 0 saturated heterocycles. The van der Waals surface area contributed by atoms with Gasteiger partial charge >= 0.3 is 0 Å². The fraction of sp³-hybridized carbons (Fsp3) is 0. The van der Waals surface area contributed by atoms with Gasteiger partial charge < -0.3 is 10.3 Å². The molecule has 1 rings (SSSR count). The molecule has 0 aliphatic carbocycles. The Bertz CT molecular complexity index is 221. The number of nitrogens with zero attached hydrogens (tertiary/aromatic N) is 2. The van der Waals surface area contributed by atoms with Gasteiger partial charge in [-0.25, -0.2) is 0 Å². The second kappa shape index (κ2) is 1.54. The van der Waals surface area contributed by atoms with Gasteiger partial charge in [-0.05, 0) is 0 Å². The van der Waals surface area contributed by atoms with Crippen molar-refractivity contribution in [3.63, 3.8) is 0 Å². The van der Waals surface area contributed by atoms with Crippen molar-refractivity contribution in [2.45, 2.75) is 0 Å². The van der Waals surface area contributed by atoms with Crippen LogP contribution in [0.4, 0.5) is 5.82 Å². The van der Waals surface area contributed by atoms with Gasteiger partial charge in [-0.1, -0.05) is 5.16 Å². The summed E-state index contributed by atoms with van der Waals surface area (Å²) < 4.78 is 4.34. The third-order valence-corrected chi connectivity index (χ3v) is 0.718. The first-order valence-corrected chi connectivity index (χ1v) is 1.94. The van der Waals surface area contributed by atoms with E-state index in [1.54, 1.807) is 6.07 Å². The van der Waals surface area contributed by atoms with Crippen LogP contribution in [-0.4, -0.2) is 5.16 Å². The lowest BCUT2D eigenvalue weighted by Crippen LogP contribution is -1.85. The van der Waals surface area contributed by atoms with Crippen LogP contribution in [0.25, 0.3) is 0 Å². The Hall–Kier alpha value is -1.50. The van der Waals surface area contributed by atoms with E-state index in [0.29, 0.717) is 0 Å². The van der Waals surface area contributed by atoms with Gasteiger partial charge in [0.1, 0.15) is 17.9 Å². The quantitative estimate of drug-likeness (QED) is 0.513. The molecule has 2 N–H and O–H groups in total. The molecule has 4 heteroatoms. The molecular weight excluding hydrogens is 106 g/mol. The van der Waals surface area contributed by atoms with Crippen LogP contribution in [0.1, 0.15) is 5.56 Å². The minimum absolute atomic E-state index is 0.146. The van der Waals surface area contributed by atoms with Gasteiger partial charge in [0, 0.05) is 0 Å². The zero-order valence-corrected chi connectivity index (χ0v) is 3.96. The Morgan fingerprint density at radius 1 is 1.88 bits per heavy atom. The molecule has 1 aromatic rings. The van der Waals surface area contributed by atoms with Crippen LogP contribution in [0.2, 0.25) is 0 Å². The molecule has 0 unspecified atom stereocenters. The van der Waals surface area contributed by atoms with Gasteiger partial charge in [0.15, 0.2) is 5.82 Å². The van der Waals surface area contributed by atoms with E-state index in [2.05, 4.69) is 9.68 Å². The molecule has 1 heterocycles. The van der Waals surface area contributed by atoms with Crippen molar-refractivity contribution in [1.82, 2.24) is 5.16 Å². The first kappa shape index (κ1) is 4.65. The molecule has 1 aromatic heterocycles. The fourth-order valence-corrected chi connectivity index (χ4v) is 0.329. The van der Waals surface area contributed by atoms with Crippen molar-refractivity contribution < 1.29 is 4.52 Å². The molecule has 0 aliphatic heterocycles. The van der Waals surface area contributed by atoms with Crippen molar-refractivity contribution in [3.8, 4) is 6.07 Å². The van der Waals surface area contributed by atoms with E-state index >= 15 is 0 Å². The van der Waals surface area contributed by atoms with Crippen LogP contribution in [0.15, 0.2) is 10.8 Å². The maximum atomic E-state index is 8.18. The lowest BCUT2D eigenvalue weighted by atomic mass is 10.4. The molecule has 0 spiro atoms. The average molecular weight is 109 g/mol. The first-order chi connectivity index (χ1) is 3.84. The lowest BCUT2D eigenvalue weighted by Gasteiger charge is -1.72. The van der Waals surface area contributed by atoms with Crippen LogP contribution in [-0.2, 0) is 0 Å². The average Bonchev–Trinajstić information content (AvgIpc) is 2.14. The van der Waals surface area contributed by atoms with E-state index < -0.39 is 0 Å². The van der Waals surface area contributed by atoms with E-state index in [9.17, 15) is 0 Å². The Labute approximate surface area is 45.5 Å². The minimum Gasteiger partial charge on any atom is -0.380 e. The highest BCUT2D eigenvalue weighted by Crippen LogP contribution is 2.03. The number of rotatable bonds is 0. The summed E-state index contributed by atoms with van der Waals surface area (Å²) in [7, 11) is 0. The second-order valence-corrected chi connectivity index (χ2v) is 1.23. The van der Waals surface area contributed by atoms with Gasteiger partial charge in [-0.3, -0.25) is 0 Å². The van der Waals surface area contributed by atoms with E-state index in [4.69, 9.17) is 11.0 Å². The molecule has 0 aliphatic rings. The summed E-state index contributed by atoms with van der Waals surface area (Å²) in [5.74, 6) is 0.146. The zero-order valence-electron chi connectivity index (χ0n) is 3.96. The molecular formula is C4H3N3O. The first-order valence-electron chi connectivity index (χ1n) is 1.94. The number of aromatic nitrogens is 1. The minimum atomic E-state index is 0.146. The van der Waals surface area contributed by atoms with Crippen LogP contribution in [0.5, 0.6) is 0 Å². The Kier molecular flexibility index (Phi) is 0.897. The number of hydrogen-bond acceptors (Lipinski definition) is 4. The van der Waals surface area contributed by atoms with Crippen molar-refractivity contribution in [3.05, 3.63) is 11.8 Å². The SMILES string of the molecule is N#Cc1conc1N. The van der Waals surface area contributed by atoms with Crippen LogP contribution in [0, 0.1) is 11.3 Å². The summed E-state index contributed by atoms with van der Waals surface area (Å²) in [6.45, 7) is 0. The molecule has 0 aromatic carbocycles. The molecule has 0 amide bonds. The molecule has 0 radical (unpaired) electrons. The maximum absolute atomic E-state index is 8.18. The number of nitrogens with two attached hydrogens (primary N) is 1. The standard InChI is InChI=1S/C4H3N3O/c5-1-3-2-8-7-4(3)6/h2H,(H2,6,7). The van der Waals surface area contributed by atoms with Gasteiger partial charge in [0.2, 0.25) is 0 Å². The van der Waals surface area contributed by atoms with Crippen molar-refractivity contribution >= 4 is 5.82 Å². The summed E-state index contributed by atoms with van der Waals surface area (Å²) in [6.07, 6.45) is 1.20. The number of anilines is 1. The van der Waals surface area contributed by atoms with E-state index in [-0.39, 0.29) is 11.4 Å². The van der Waals surface area contributed by atoms with Gasteiger partial charge in [0.25, 0.3) is 0 Å². The third kappa shape index (κ3) is 0.500. The summed E-state index contributed by atoms with van der Waals surface area (Å²) in [4.78, 5) is 0. The molecule has 0 fully saturated rings. The smallest absolute Gasteiger partial charge is 0.184 e. The topological polar surface area (TPSA) is 75.8 Å². The maximum Gasteiger partial charge on any atom is 0.184 e.